The maximum Gasteiger partial charge on any atom is 0.416 e. The predicted octanol–water partition coefficient (Wildman–Crippen LogP) is 6.25. The summed E-state index contributed by atoms with van der Waals surface area (Å²) in [4.78, 5) is 21.4. The molecule has 0 radical (unpaired) electrons. The van der Waals surface area contributed by atoms with Crippen molar-refractivity contribution >= 4 is 17.6 Å². The number of nitrogens with one attached hydrogen (secondary N) is 1. The number of anilines is 1. The van der Waals surface area contributed by atoms with Gasteiger partial charge in [0, 0.05) is 30.4 Å². The zero-order valence-corrected chi connectivity index (χ0v) is 25.3. The second kappa shape index (κ2) is 12.8. The van der Waals surface area contributed by atoms with Crippen LogP contribution in [0.1, 0.15) is 30.0 Å². The monoisotopic (exact) mass is 615 g/mol. The van der Waals surface area contributed by atoms with Gasteiger partial charge in [-0.25, -0.2) is 14.0 Å². The smallest absolute Gasteiger partial charge is 0.325 e. The predicted molar refractivity (Wildman–Crippen MR) is 165 cm³/mol. The maximum atomic E-state index is 13.8. The third-order valence-electron chi connectivity index (χ3n) is 7.44. The fraction of sp³-hybridized carbons (Fsp3) is 0.281. The van der Waals surface area contributed by atoms with Crippen molar-refractivity contribution in [3.8, 4) is 34.1 Å². The number of fused-ring (bicyclic) bond motifs is 1. The van der Waals surface area contributed by atoms with Gasteiger partial charge >= 0.3 is 12.2 Å². The quantitative estimate of drug-likeness (QED) is 0.210. The Kier molecular flexibility index (Phi) is 8.87. The molecule has 0 atom stereocenters. The molecule has 0 fully saturated rings. The molecule has 3 aromatic heterocycles. The Balaban J connectivity index is 1.63. The number of rotatable bonds is 9. The zero-order chi connectivity index (χ0) is 32.3. The number of urea groups is 1. The molecule has 0 aliphatic carbocycles. The molecule has 0 saturated heterocycles. The summed E-state index contributed by atoms with van der Waals surface area (Å²) < 4.78 is 44.4. The lowest BCUT2D eigenvalue weighted by molar-refractivity contribution is -0.137. The molecule has 1 N–H and O–H groups in total. The van der Waals surface area contributed by atoms with Gasteiger partial charge in [-0.15, -0.1) is 5.10 Å². The standard InChI is InChI=1S/C32H32F3N9O/c1-5-42(17-7-16-41(3)4)31(45)39-30-38-29-28(23-8-6-9-24(18-23)32(33,34)35)21(2)26(20-43(29)40-30)27-14-15-37-44(27)25-12-10-22(19-36)11-13-25/h6,8-15,18,20H,5,7,16-17H2,1-4H3,(H,39,40,45). The van der Waals surface area contributed by atoms with Gasteiger partial charge in [0.05, 0.1) is 34.8 Å². The van der Waals surface area contributed by atoms with Crippen molar-refractivity contribution in [3.05, 3.63) is 83.7 Å². The molecule has 13 heteroatoms. The summed E-state index contributed by atoms with van der Waals surface area (Å²) in [5, 5.41) is 21.0. The van der Waals surface area contributed by atoms with E-state index in [0.29, 0.717) is 52.3 Å². The summed E-state index contributed by atoms with van der Waals surface area (Å²) >= 11 is 0. The first-order valence-corrected chi connectivity index (χ1v) is 14.3. The van der Waals surface area contributed by atoms with Crippen molar-refractivity contribution in [1.29, 1.82) is 5.26 Å². The largest absolute Gasteiger partial charge is 0.416 e. The molecule has 232 valence electrons. The number of halogens is 3. The van der Waals surface area contributed by atoms with E-state index >= 15 is 0 Å². The summed E-state index contributed by atoms with van der Waals surface area (Å²) in [6.45, 7) is 5.51. The number of carbonyl (C=O) groups is 1. The van der Waals surface area contributed by atoms with Gasteiger partial charge in [0.1, 0.15) is 0 Å². The van der Waals surface area contributed by atoms with E-state index in [1.165, 1.54) is 10.6 Å². The number of benzene rings is 2. The number of hydrogen-bond donors (Lipinski definition) is 1. The van der Waals surface area contributed by atoms with Crippen molar-refractivity contribution < 1.29 is 18.0 Å². The normalized spacial score (nSPS) is 11.6. The summed E-state index contributed by atoms with van der Waals surface area (Å²) in [7, 11) is 3.93. The minimum atomic E-state index is -4.55. The lowest BCUT2D eigenvalue weighted by Gasteiger charge is -2.21. The number of amides is 2. The Morgan fingerprint density at radius 2 is 1.84 bits per heavy atom. The fourth-order valence-corrected chi connectivity index (χ4v) is 5.16. The molecule has 0 saturated carbocycles. The molecule has 2 aromatic carbocycles. The number of pyridine rings is 1. The van der Waals surface area contributed by atoms with E-state index in [1.54, 1.807) is 65.3 Å². The molecule has 5 aromatic rings. The molecule has 0 unspecified atom stereocenters. The maximum absolute atomic E-state index is 13.8. The average Bonchev–Trinajstić information content (AvgIpc) is 3.65. The van der Waals surface area contributed by atoms with Crippen LogP contribution in [0.4, 0.5) is 23.9 Å². The Labute approximate surface area is 258 Å². The van der Waals surface area contributed by atoms with E-state index in [-0.39, 0.29) is 17.6 Å². The number of aromatic nitrogens is 5. The highest BCUT2D eigenvalue weighted by Crippen LogP contribution is 2.38. The van der Waals surface area contributed by atoms with Crippen LogP contribution < -0.4 is 5.32 Å². The molecule has 0 spiro atoms. The zero-order valence-electron chi connectivity index (χ0n) is 25.3. The van der Waals surface area contributed by atoms with E-state index in [0.717, 1.165) is 25.1 Å². The Morgan fingerprint density at radius 1 is 1.09 bits per heavy atom. The summed E-state index contributed by atoms with van der Waals surface area (Å²) in [5.41, 5.74) is 3.32. The Morgan fingerprint density at radius 3 is 2.51 bits per heavy atom. The van der Waals surface area contributed by atoms with Crippen molar-refractivity contribution in [2.75, 3.05) is 39.0 Å². The first-order valence-electron chi connectivity index (χ1n) is 14.3. The minimum absolute atomic E-state index is 0.0245. The molecule has 3 heterocycles. The highest BCUT2D eigenvalue weighted by Gasteiger charge is 2.31. The molecule has 2 amide bonds. The third kappa shape index (κ3) is 6.66. The summed E-state index contributed by atoms with van der Waals surface area (Å²) in [6.07, 6.45) is -0.433. The minimum Gasteiger partial charge on any atom is -0.325 e. The van der Waals surface area contributed by atoms with Gasteiger partial charge in [0.15, 0.2) is 5.65 Å². The number of nitrogens with zero attached hydrogens (tertiary/aromatic N) is 8. The first kappa shape index (κ1) is 31.2. The van der Waals surface area contributed by atoms with Gasteiger partial charge in [-0.05, 0) is 94.5 Å². The van der Waals surface area contributed by atoms with Crippen LogP contribution in [0.25, 0.3) is 33.7 Å². The van der Waals surface area contributed by atoms with Gasteiger partial charge in [0.2, 0.25) is 0 Å². The van der Waals surface area contributed by atoms with Gasteiger partial charge in [0.25, 0.3) is 5.95 Å². The Bertz CT molecular complexity index is 1870. The van der Waals surface area contributed by atoms with Crippen LogP contribution in [-0.2, 0) is 6.18 Å². The molecule has 0 aliphatic heterocycles. The lowest BCUT2D eigenvalue weighted by Crippen LogP contribution is -2.36. The van der Waals surface area contributed by atoms with Crippen molar-refractivity contribution in [1.82, 2.24) is 34.2 Å². The Hall–Kier alpha value is -5.22. The number of hydrogen-bond acceptors (Lipinski definition) is 6. The second-order valence-corrected chi connectivity index (χ2v) is 10.8. The van der Waals surface area contributed by atoms with Crippen LogP contribution in [0.15, 0.2) is 67.0 Å². The van der Waals surface area contributed by atoms with Crippen LogP contribution in [0.5, 0.6) is 0 Å². The molecule has 10 nitrogen and oxygen atoms in total. The van der Waals surface area contributed by atoms with Gasteiger partial charge in [-0.2, -0.15) is 28.5 Å². The van der Waals surface area contributed by atoms with Gasteiger partial charge in [-0.3, -0.25) is 5.32 Å². The van der Waals surface area contributed by atoms with Crippen LogP contribution in [-0.4, -0.2) is 73.9 Å². The number of alkyl halides is 3. The fourth-order valence-electron chi connectivity index (χ4n) is 5.16. The van der Waals surface area contributed by atoms with E-state index < -0.39 is 11.7 Å². The van der Waals surface area contributed by atoms with Crippen LogP contribution in [0.2, 0.25) is 0 Å². The van der Waals surface area contributed by atoms with E-state index in [2.05, 4.69) is 26.6 Å². The van der Waals surface area contributed by atoms with Crippen molar-refractivity contribution in [2.45, 2.75) is 26.4 Å². The van der Waals surface area contributed by atoms with E-state index in [1.807, 2.05) is 25.9 Å². The molecule has 5 rings (SSSR count). The summed E-state index contributed by atoms with van der Waals surface area (Å²) in [6, 6.07) is 15.4. The highest BCUT2D eigenvalue weighted by atomic mass is 19.4. The molecule has 0 bridgehead atoms. The summed E-state index contributed by atoms with van der Waals surface area (Å²) in [5.74, 6) is 0.0245. The molecular weight excluding hydrogens is 583 g/mol. The van der Waals surface area contributed by atoms with Gasteiger partial charge < -0.3 is 9.80 Å². The van der Waals surface area contributed by atoms with Gasteiger partial charge in [-0.1, -0.05) is 12.1 Å². The molecule has 45 heavy (non-hydrogen) atoms. The number of carbonyl (C=O) groups excluding carboxylic acids is 1. The van der Waals surface area contributed by atoms with Crippen LogP contribution in [0, 0.1) is 18.3 Å². The third-order valence-corrected chi connectivity index (χ3v) is 7.44. The second-order valence-electron chi connectivity index (χ2n) is 10.8. The number of nitriles is 1. The topological polar surface area (TPSA) is 107 Å². The lowest BCUT2D eigenvalue weighted by atomic mass is 9.95. The van der Waals surface area contributed by atoms with E-state index in [9.17, 15) is 23.2 Å². The first-order chi connectivity index (χ1) is 21.5. The molecular formula is C32H32F3N9O. The van der Waals surface area contributed by atoms with Crippen molar-refractivity contribution in [3.63, 3.8) is 0 Å². The van der Waals surface area contributed by atoms with E-state index in [4.69, 9.17) is 0 Å². The average molecular weight is 616 g/mol. The molecule has 0 aliphatic rings. The van der Waals surface area contributed by atoms with Crippen molar-refractivity contribution in [2.24, 2.45) is 0 Å². The van der Waals surface area contributed by atoms with Crippen LogP contribution in [0.3, 0.4) is 0 Å². The highest BCUT2D eigenvalue weighted by molar-refractivity contribution is 5.90. The van der Waals surface area contributed by atoms with Crippen LogP contribution >= 0.6 is 0 Å². The SMILES string of the molecule is CCN(CCCN(C)C)C(=O)Nc1nc2c(-c3cccc(C(F)(F)F)c3)c(C)c(-c3ccnn3-c3ccc(C#N)cc3)cn2n1.